The molecule has 90 valence electrons. The lowest BCUT2D eigenvalue weighted by Crippen LogP contribution is -2.33. The second-order valence-corrected chi connectivity index (χ2v) is 5.28. The van der Waals surface area contributed by atoms with Gasteiger partial charge in [0.05, 0.1) is 0 Å². The standard InChI is InChI=1S/C14H29N/c1-4-8-12(3)14-10-7-6-9-13(14)11-15-5-2/h12-15H,4-11H2,1-3H3. The van der Waals surface area contributed by atoms with E-state index in [-0.39, 0.29) is 0 Å². The molecule has 1 rings (SSSR count). The van der Waals surface area contributed by atoms with Crippen LogP contribution in [0.5, 0.6) is 0 Å². The first-order chi connectivity index (χ1) is 7.29. The van der Waals surface area contributed by atoms with Crippen molar-refractivity contribution in [2.24, 2.45) is 17.8 Å². The van der Waals surface area contributed by atoms with Gasteiger partial charge in [-0.25, -0.2) is 0 Å². The molecule has 0 bridgehead atoms. The maximum atomic E-state index is 3.54. The summed E-state index contributed by atoms with van der Waals surface area (Å²) in [6, 6.07) is 0. The lowest BCUT2D eigenvalue weighted by Gasteiger charge is -2.36. The lowest BCUT2D eigenvalue weighted by molar-refractivity contribution is 0.160. The summed E-state index contributed by atoms with van der Waals surface area (Å²) in [6.45, 7) is 9.39. The molecule has 1 aliphatic carbocycles. The first-order valence-electron chi connectivity index (χ1n) is 7.00. The molecule has 3 unspecified atom stereocenters. The van der Waals surface area contributed by atoms with Crippen LogP contribution in [-0.2, 0) is 0 Å². The molecule has 1 fully saturated rings. The molecular weight excluding hydrogens is 182 g/mol. The summed E-state index contributed by atoms with van der Waals surface area (Å²) in [5.41, 5.74) is 0. The smallest absolute Gasteiger partial charge is 0.00179 e. The summed E-state index contributed by atoms with van der Waals surface area (Å²) in [4.78, 5) is 0. The summed E-state index contributed by atoms with van der Waals surface area (Å²) >= 11 is 0. The van der Waals surface area contributed by atoms with Gasteiger partial charge in [0.2, 0.25) is 0 Å². The van der Waals surface area contributed by atoms with Crippen LogP contribution in [0.4, 0.5) is 0 Å². The zero-order valence-electron chi connectivity index (χ0n) is 10.9. The van der Waals surface area contributed by atoms with Crippen LogP contribution >= 0.6 is 0 Å². The van der Waals surface area contributed by atoms with E-state index in [1.807, 2.05) is 0 Å². The van der Waals surface area contributed by atoms with E-state index in [2.05, 4.69) is 26.1 Å². The molecule has 1 nitrogen and oxygen atoms in total. The quantitative estimate of drug-likeness (QED) is 0.704. The fourth-order valence-corrected chi connectivity index (χ4v) is 3.24. The van der Waals surface area contributed by atoms with E-state index in [9.17, 15) is 0 Å². The zero-order chi connectivity index (χ0) is 11.1. The van der Waals surface area contributed by atoms with Crippen molar-refractivity contribution in [3.63, 3.8) is 0 Å². The van der Waals surface area contributed by atoms with E-state index in [1.165, 1.54) is 45.1 Å². The Bertz CT molecular complexity index is 155. The van der Waals surface area contributed by atoms with Crippen LogP contribution in [0.2, 0.25) is 0 Å². The molecule has 0 aromatic carbocycles. The van der Waals surface area contributed by atoms with Crippen LogP contribution in [0.3, 0.4) is 0 Å². The van der Waals surface area contributed by atoms with Crippen LogP contribution in [0.1, 0.15) is 59.3 Å². The Hall–Kier alpha value is -0.0400. The average Bonchev–Trinajstić information content (AvgIpc) is 2.27. The summed E-state index contributed by atoms with van der Waals surface area (Å²) in [5.74, 6) is 2.90. The number of rotatable bonds is 6. The largest absolute Gasteiger partial charge is 0.317 e. The van der Waals surface area contributed by atoms with Crippen LogP contribution in [0.15, 0.2) is 0 Å². The molecule has 0 heterocycles. The van der Waals surface area contributed by atoms with Crippen molar-refractivity contribution in [1.82, 2.24) is 5.32 Å². The van der Waals surface area contributed by atoms with Gasteiger partial charge < -0.3 is 5.32 Å². The molecular formula is C14H29N. The molecule has 0 aromatic heterocycles. The molecule has 0 saturated heterocycles. The molecule has 1 saturated carbocycles. The highest BCUT2D eigenvalue weighted by molar-refractivity contribution is 4.80. The third kappa shape index (κ3) is 4.14. The Balaban J connectivity index is 2.41. The van der Waals surface area contributed by atoms with Gasteiger partial charge in [0.1, 0.15) is 0 Å². The van der Waals surface area contributed by atoms with E-state index in [0.717, 1.165) is 24.3 Å². The Morgan fingerprint density at radius 3 is 2.60 bits per heavy atom. The summed E-state index contributed by atoms with van der Waals surface area (Å²) in [7, 11) is 0. The monoisotopic (exact) mass is 211 g/mol. The first-order valence-corrected chi connectivity index (χ1v) is 7.00. The second-order valence-electron chi connectivity index (χ2n) is 5.28. The number of hydrogen-bond donors (Lipinski definition) is 1. The topological polar surface area (TPSA) is 12.0 Å². The summed E-state index contributed by atoms with van der Waals surface area (Å²) < 4.78 is 0. The van der Waals surface area contributed by atoms with Crippen molar-refractivity contribution >= 4 is 0 Å². The predicted octanol–water partition coefficient (Wildman–Crippen LogP) is 3.84. The Morgan fingerprint density at radius 2 is 1.93 bits per heavy atom. The van der Waals surface area contributed by atoms with E-state index < -0.39 is 0 Å². The lowest BCUT2D eigenvalue weighted by atomic mass is 9.72. The van der Waals surface area contributed by atoms with Gasteiger partial charge in [-0.05, 0) is 43.7 Å². The normalized spacial score (nSPS) is 29.0. The van der Waals surface area contributed by atoms with Crippen molar-refractivity contribution in [2.45, 2.75) is 59.3 Å². The Labute approximate surface area is 96.0 Å². The minimum Gasteiger partial charge on any atom is -0.317 e. The predicted molar refractivity (Wildman–Crippen MR) is 68.1 cm³/mol. The molecule has 0 spiro atoms. The third-order valence-corrected chi connectivity index (χ3v) is 4.10. The second kappa shape index (κ2) is 7.27. The van der Waals surface area contributed by atoms with Gasteiger partial charge in [0.25, 0.3) is 0 Å². The van der Waals surface area contributed by atoms with Crippen LogP contribution in [-0.4, -0.2) is 13.1 Å². The molecule has 0 aliphatic heterocycles. The molecule has 3 atom stereocenters. The van der Waals surface area contributed by atoms with Gasteiger partial charge in [-0.15, -0.1) is 0 Å². The van der Waals surface area contributed by atoms with Crippen molar-refractivity contribution in [2.75, 3.05) is 13.1 Å². The SMILES string of the molecule is CCCC(C)C1CCCCC1CNCC. The maximum absolute atomic E-state index is 3.54. The first kappa shape index (κ1) is 13.0. The van der Waals surface area contributed by atoms with Crippen LogP contribution in [0, 0.1) is 17.8 Å². The molecule has 0 amide bonds. The van der Waals surface area contributed by atoms with Gasteiger partial charge in [0, 0.05) is 0 Å². The van der Waals surface area contributed by atoms with Crippen molar-refractivity contribution in [3.8, 4) is 0 Å². The number of nitrogens with one attached hydrogen (secondary N) is 1. The van der Waals surface area contributed by atoms with Gasteiger partial charge >= 0.3 is 0 Å². The van der Waals surface area contributed by atoms with Gasteiger partial charge in [-0.3, -0.25) is 0 Å². The highest BCUT2D eigenvalue weighted by atomic mass is 14.8. The molecule has 1 N–H and O–H groups in total. The van der Waals surface area contributed by atoms with E-state index in [4.69, 9.17) is 0 Å². The average molecular weight is 211 g/mol. The molecule has 1 heteroatoms. The molecule has 15 heavy (non-hydrogen) atoms. The molecule has 1 aliphatic rings. The summed E-state index contributed by atoms with van der Waals surface area (Å²) in [6.07, 6.45) is 8.66. The maximum Gasteiger partial charge on any atom is -0.00179 e. The van der Waals surface area contributed by atoms with E-state index in [0.29, 0.717) is 0 Å². The van der Waals surface area contributed by atoms with Crippen molar-refractivity contribution in [3.05, 3.63) is 0 Å². The number of hydrogen-bond acceptors (Lipinski definition) is 1. The molecule has 0 aromatic rings. The van der Waals surface area contributed by atoms with Gasteiger partial charge in [-0.1, -0.05) is 46.5 Å². The third-order valence-electron chi connectivity index (χ3n) is 4.10. The summed E-state index contributed by atoms with van der Waals surface area (Å²) in [5, 5.41) is 3.54. The van der Waals surface area contributed by atoms with Crippen LogP contribution < -0.4 is 5.32 Å². The fraction of sp³-hybridized carbons (Fsp3) is 1.00. The van der Waals surface area contributed by atoms with Crippen molar-refractivity contribution < 1.29 is 0 Å². The Morgan fingerprint density at radius 1 is 1.20 bits per heavy atom. The zero-order valence-corrected chi connectivity index (χ0v) is 10.9. The molecule has 0 radical (unpaired) electrons. The Kier molecular flexibility index (Phi) is 6.31. The van der Waals surface area contributed by atoms with E-state index >= 15 is 0 Å². The van der Waals surface area contributed by atoms with Crippen LogP contribution in [0.25, 0.3) is 0 Å². The highest BCUT2D eigenvalue weighted by Gasteiger charge is 2.28. The van der Waals surface area contributed by atoms with E-state index in [1.54, 1.807) is 0 Å². The highest BCUT2D eigenvalue weighted by Crippen LogP contribution is 2.36. The van der Waals surface area contributed by atoms with Crippen molar-refractivity contribution in [1.29, 1.82) is 0 Å². The fourth-order valence-electron chi connectivity index (χ4n) is 3.24. The minimum atomic E-state index is 0.943. The minimum absolute atomic E-state index is 0.943. The van der Waals surface area contributed by atoms with Gasteiger partial charge in [-0.2, -0.15) is 0 Å². The van der Waals surface area contributed by atoms with Gasteiger partial charge in [0.15, 0.2) is 0 Å².